The molecular formula is C8H13N3O. The van der Waals surface area contributed by atoms with Crippen molar-refractivity contribution in [2.75, 3.05) is 6.61 Å². The lowest BCUT2D eigenvalue weighted by Crippen LogP contribution is -2.43. The Morgan fingerprint density at radius 2 is 2.58 bits per heavy atom. The molecule has 1 aromatic heterocycles. The van der Waals surface area contributed by atoms with Crippen LogP contribution in [0.3, 0.4) is 0 Å². The third kappa shape index (κ3) is 0.956. The summed E-state index contributed by atoms with van der Waals surface area (Å²) in [6.07, 6.45) is 4.68. The van der Waals surface area contributed by atoms with Crippen LogP contribution in [0.25, 0.3) is 0 Å². The Bertz CT molecular complexity index is 284. The molecule has 0 fully saturated rings. The average molecular weight is 167 g/mol. The van der Waals surface area contributed by atoms with E-state index in [1.165, 1.54) is 0 Å². The van der Waals surface area contributed by atoms with Crippen LogP contribution in [0.5, 0.6) is 0 Å². The minimum absolute atomic E-state index is 0.0117. The largest absolute Gasteiger partial charge is 0.394 e. The maximum Gasteiger partial charge on any atom is 0.0814 e. The fourth-order valence-electron chi connectivity index (χ4n) is 1.81. The number of rotatable bonds is 1. The molecule has 0 aromatic carbocycles. The molecule has 2 rings (SSSR count). The predicted octanol–water partition coefficient (Wildman–Crippen LogP) is -0.108. The van der Waals surface area contributed by atoms with Crippen molar-refractivity contribution in [3.63, 3.8) is 0 Å². The fraction of sp³-hybridized carbons (Fsp3) is 0.625. The first-order valence-corrected chi connectivity index (χ1v) is 4.19. The second-order valence-electron chi connectivity index (χ2n) is 3.44. The Labute approximate surface area is 70.8 Å². The van der Waals surface area contributed by atoms with Gasteiger partial charge in [-0.25, -0.2) is 0 Å². The van der Waals surface area contributed by atoms with Crippen LogP contribution in [0.15, 0.2) is 6.20 Å². The number of nitrogens with one attached hydrogen (secondary N) is 1. The lowest BCUT2D eigenvalue weighted by Gasteiger charge is -2.30. The van der Waals surface area contributed by atoms with Gasteiger partial charge in [0.25, 0.3) is 0 Å². The van der Waals surface area contributed by atoms with E-state index >= 15 is 0 Å². The Balaban J connectivity index is 2.44. The molecule has 0 radical (unpaired) electrons. The van der Waals surface area contributed by atoms with Gasteiger partial charge >= 0.3 is 0 Å². The highest BCUT2D eigenvalue weighted by Gasteiger charge is 2.33. The topological polar surface area (TPSA) is 74.9 Å². The van der Waals surface area contributed by atoms with Gasteiger partial charge in [0.2, 0.25) is 0 Å². The number of aliphatic hydroxyl groups excluding tert-OH is 1. The van der Waals surface area contributed by atoms with Gasteiger partial charge < -0.3 is 10.8 Å². The Kier molecular flexibility index (Phi) is 1.66. The number of fused-ring (bicyclic) bond motifs is 1. The first-order valence-electron chi connectivity index (χ1n) is 4.19. The number of aryl methyl sites for hydroxylation is 1. The lowest BCUT2D eigenvalue weighted by molar-refractivity contribution is 0.175. The summed E-state index contributed by atoms with van der Waals surface area (Å²) >= 11 is 0. The van der Waals surface area contributed by atoms with Crippen LogP contribution >= 0.6 is 0 Å². The van der Waals surface area contributed by atoms with E-state index in [0.29, 0.717) is 0 Å². The van der Waals surface area contributed by atoms with Gasteiger partial charge in [0, 0.05) is 0 Å². The third-order valence-corrected chi connectivity index (χ3v) is 2.57. The summed E-state index contributed by atoms with van der Waals surface area (Å²) in [5.74, 6) is 0. The summed E-state index contributed by atoms with van der Waals surface area (Å²) in [7, 11) is 0. The maximum absolute atomic E-state index is 9.14. The number of aromatic nitrogens is 2. The summed E-state index contributed by atoms with van der Waals surface area (Å²) < 4.78 is 0. The molecule has 0 saturated heterocycles. The van der Waals surface area contributed by atoms with Crippen LogP contribution in [0.2, 0.25) is 0 Å². The molecule has 1 heterocycles. The van der Waals surface area contributed by atoms with Crippen molar-refractivity contribution in [3.8, 4) is 0 Å². The van der Waals surface area contributed by atoms with Crippen molar-refractivity contribution in [2.45, 2.75) is 24.8 Å². The molecule has 0 aliphatic heterocycles. The molecule has 0 amide bonds. The number of H-pyrrole nitrogens is 1. The van der Waals surface area contributed by atoms with Gasteiger partial charge in [-0.2, -0.15) is 5.10 Å². The van der Waals surface area contributed by atoms with Crippen molar-refractivity contribution in [3.05, 3.63) is 17.5 Å². The Morgan fingerprint density at radius 1 is 1.75 bits per heavy atom. The van der Waals surface area contributed by atoms with E-state index in [4.69, 9.17) is 10.8 Å². The molecule has 0 bridgehead atoms. The number of nitrogens with two attached hydrogens (primary N) is 1. The van der Waals surface area contributed by atoms with Gasteiger partial charge in [-0.15, -0.1) is 0 Å². The van der Waals surface area contributed by atoms with Crippen LogP contribution < -0.4 is 5.73 Å². The molecular weight excluding hydrogens is 154 g/mol. The molecule has 4 N–H and O–H groups in total. The fourth-order valence-corrected chi connectivity index (χ4v) is 1.81. The molecule has 4 nitrogen and oxygen atoms in total. The van der Waals surface area contributed by atoms with Crippen molar-refractivity contribution in [2.24, 2.45) is 5.73 Å². The highest BCUT2D eigenvalue weighted by Crippen LogP contribution is 2.30. The van der Waals surface area contributed by atoms with Gasteiger partial charge in [-0.1, -0.05) is 0 Å². The molecule has 1 atom stereocenters. The average Bonchev–Trinajstić information content (AvgIpc) is 2.54. The van der Waals surface area contributed by atoms with E-state index in [1.54, 1.807) is 6.20 Å². The zero-order chi connectivity index (χ0) is 8.60. The molecule has 0 spiro atoms. The highest BCUT2D eigenvalue weighted by molar-refractivity contribution is 5.27. The predicted molar refractivity (Wildman–Crippen MR) is 44.5 cm³/mol. The first kappa shape index (κ1) is 7.76. The zero-order valence-corrected chi connectivity index (χ0v) is 6.88. The number of nitrogens with zero attached hydrogens (tertiary/aromatic N) is 1. The molecule has 0 saturated carbocycles. The van der Waals surface area contributed by atoms with Gasteiger partial charge in [0.15, 0.2) is 0 Å². The molecule has 4 heteroatoms. The van der Waals surface area contributed by atoms with Gasteiger partial charge in [0.05, 0.1) is 24.0 Å². The second kappa shape index (κ2) is 2.57. The van der Waals surface area contributed by atoms with Crippen LogP contribution in [0, 0.1) is 0 Å². The molecule has 1 unspecified atom stereocenters. The van der Waals surface area contributed by atoms with Crippen LogP contribution in [-0.4, -0.2) is 21.9 Å². The van der Waals surface area contributed by atoms with Crippen molar-refractivity contribution >= 4 is 0 Å². The number of aliphatic hydroxyl groups is 1. The second-order valence-corrected chi connectivity index (χ2v) is 3.44. The summed E-state index contributed by atoms with van der Waals surface area (Å²) in [6, 6.07) is 0. The van der Waals surface area contributed by atoms with Gasteiger partial charge in [-0.3, -0.25) is 5.10 Å². The van der Waals surface area contributed by atoms with E-state index in [-0.39, 0.29) is 6.61 Å². The maximum atomic E-state index is 9.14. The first-order chi connectivity index (χ1) is 5.76. The smallest absolute Gasteiger partial charge is 0.0814 e. The summed E-state index contributed by atoms with van der Waals surface area (Å²) in [4.78, 5) is 0. The SMILES string of the molecule is NC1(CO)CCCc2cn[nH]c21. The summed E-state index contributed by atoms with van der Waals surface area (Å²) in [5, 5.41) is 15.9. The van der Waals surface area contributed by atoms with E-state index in [9.17, 15) is 0 Å². The summed E-state index contributed by atoms with van der Waals surface area (Å²) in [6.45, 7) is -0.0117. The van der Waals surface area contributed by atoms with Crippen molar-refractivity contribution in [1.29, 1.82) is 0 Å². The molecule has 66 valence electrons. The molecule has 1 aromatic rings. The van der Waals surface area contributed by atoms with Gasteiger partial charge in [0.1, 0.15) is 0 Å². The monoisotopic (exact) mass is 167 g/mol. The van der Waals surface area contributed by atoms with Crippen LogP contribution in [0.4, 0.5) is 0 Å². The normalized spacial score (nSPS) is 28.5. The quantitative estimate of drug-likeness (QED) is 0.546. The third-order valence-electron chi connectivity index (χ3n) is 2.57. The van der Waals surface area contributed by atoms with E-state index in [0.717, 1.165) is 30.5 Å². The van der Waals surface area contributed by atoms with Crippen LogP contribution in [0.1, 0.15) is 24.1 Å². The molecule has 1 aliphatic rings. The Hall–Kier alpha value is -0.870. The minimum Gasteiger partial charge on any atom is -0.394 e. The van der Waals surface area contributed by atoms with Crippen molar-refractivity contribution in [1.82, 2.24) is 10.2 Å². The Morgan fingerprint density at radius 3 is 3.33 bits per heavy atom. The highest BCUT2D eigenvalue weighted by atomic mass is 16.3. The summed E-state index contributed by atoms with van der Waals surface area (Å²) in [5.41, 5.74) is 7.48. The standard InChI is InChI=1S/C8H13N3O/c9-8(5-12)3-1-2-6-4-10-11-7(6)8/h4,12H,1-3,5,9H2,(H,10,11). The van der Waals surface area contributed by atoms with Crippen LogP contribution in [-0.2, 0) is 12.0 Å². The van der Waals surface area contributed by atoms with Gasteiger partial charge in [-0.05, 0) is 24.8 Å². The number of aromatic amines is 1. The number of hydrogen-bond donors (Lipinski definition) is 3. The molecule has 12 heavy (non-hydrogen) atoms. The van der Waals surface area contributed by atoms with E-state index < -0.39 is 5.54 Å². The van der Waals surface area contributed by atoms with Crippen molar-refractivity contribution < 1.29 is 5.11 Å². The van der Waals surface area contributed by atoms with E-state index in [2.05, 4.69) is 10.2 Å². The van der Waals surface area contributed by atoms with E-state index in [1.807, 2.05) is 0 Å². The lowest BCUT2D eigenvalue weighted by atomic mass is 9.82. The molecule has 1 aliphatic carbocycles. The zero-order valence-electron chi connectivity index (χ0n) is 6.88. The minimum atomic E-state index is -0.579. The number of hydrogen-bond acceptors (Lipinski definition) is 3.